The van der Waals surface area contributed by atoms with Crippen LogP contribution >= 0.6 is 0 Å². The summed E-state index contributed by atoms with van der Waals surface area (Å²) in [6.07, 6.45) is 3.89. The summed E-state index contributed by atoms with van der Waals surface area (Å²) < 4.78 is 31.9. The summed E-state index contributed by atoms with van der Waals surface area (Å²) in [5.41, 5.74) is 0. The zero-order valence-corrected chi connectivity index (χ0v) is 11.1. The molecule has 0 heterocycles. The molecule has 0 fully saturated rings. The second-order valence-corrected chi connectivity index (χ2v) is 4.43. The Labute approximate surface area is 103 Å². The van der Waals surface area contributed by atoms with Crippen LogP contribution in [0.5, 0.6) is 0 Å². The van der Waals surface area contributed by atoms with E-state index in [2.05, 4.69) is 6.58 Å². The standard InChI is InChI=1S/C8H16O3S.Na/c1-3-5-7-8(6-4-2)12(9,10)11;/h4,8H,2-3,5-7H2,1H3,(H,9,10,11);/q;+1/p-1. The summed E-state index contributed by atoms with van der Waals surface area (Å²) in [6, 6.07) is 0. The molecule has 0 bridgehead atoms. The largest absolute Gasteiger partial charge is 1.00 e. The molecular formula is C8H15NaO3S. The predicted molar refractivity (Wildman–Crippen MR) is 47.8 cm³/mol. The van der Waals surface area contributed by atoms with Crippen molar-refractivity contribution in [3.63, 3.8) is 0 Å². The van der Waals surface area contributed by atoms with Gasteiger partial charge in [-0.25, -0.2) is 8.42 Å². The van der Waals surface area contributed by atoms with Crippen molar-refractivity contribution >= 4 is 10.1 Å². The van der Waals surface area contributed by atoms with Crippen LogP contribution in [-0.2, 0) is 10.1 Å². The second-order valence-electron chi connectivity index (χ2n) is 2.78. The molecule has 0 aromatic carbocycles. The minimum absolute atomic E-state index is 0. The molecule has 0 aliphatic carbocycles. The van der Waals surface area contributed by atoms with Crippen LogP contribution in [0.25, 0.3) is 0 Å². The first-order chi connectivity index (χ1) is 5.52. The molecule has 1 atom stereocenters. The van der Waals surface area contributed by atoms with Crippen molar-refractivity contribution in [3.8, 4) is 0 Å². The summed E-state index contributed by atoms with van der Waals surface area (Å²) in [5, 5.41) is -0.769. The van der Waals surface area contributed by atoms with E-state index < -0.39 is 15.4 Å². The van der Waals surface area contributed by atoms with E-state index in [1.54, 1.807) is 0 Å². The van der Waals surface area contributed by atoms with Gasteiger partial charge in [0.15, 0.2) is 0 Å². The van der Waals surface area contributed by atoms with Crippen molar-refractivity contribution < 1.29 is 42.5 Å². The van der Waals surface area contributed by atoms with Gasteiger partial charge in [-0.05, 0) is 12.8 Å². The Morgan fingerprint density at radius 2 is 2.08 bits per heavy atom. The minimum Gasteiger partial charge on any atom is -0.748 e. The summed E-state index contributed by atoms with van der Waals surface area (Å²) in [4.78, 5) is 0. The SMILES string of the molecule is C=CCC(CCCC)S(=O)(=O)[O-].[Na+]. The number of hydrogen-bond acceptors (Lipinski definition) is 3. The van der Waals surface area contributed by atoms with E-state index in [1.807, 2.05) is 6.92 Å². The van der Waals surface area contributed by atoms with Crippen LogP contribution in [0.3, 0.4) is 0 Å². The Kier molecular flexibility index (Phi) is 9.90. The van der Waals surface area contributed by atoms with Gasteiger partial charge in [0.25, 0.3) is 0 Å². The van der Waals surface area contributed by atoms with Crippen molar-refractivity contribution in [2.75, 3.05) is 0 Å². The van der Waals surface area contributed by atoms with Gasteiger partial charge in [-0.1, -0.05) is 25.8 Å². The van der Waals surface area contributed by atoms with Crippen molar-refractivity contribution in [1.82, 2.24) is 0 Å². The molecule has 0 aliphatic rings. The Morgan fingerprint density at radius 1 is 1.54 bits per heavy atom. The molecule has 0 radical (unpaired) electrons. The minimum atomic E-state index is -4.12. The molecule has 5 heteroatoms. The summed E-state index contributed by atoms with van der Waals surface area (Å²) >= 11 is 0. The van der Waals surface area contributed by atoms with Crippen molar-refractivity contribution in [3.05, 3.63) is 12.7 Å². The van der Waals surface area contributed by atoms with Gasteiger partial charge in [0, 0.05) is 0 Å². The Bertz CT molecular complexity index is 224. The maximum absolute atomic E-state index is 10.6. The third kappa shape index (κ3) is 7.70. The zero-order chi connectivity index (χ0) is 9.61. The maximum Gasteiger partial charge on any atom is 1.00 e. The van der Waals surface area contributed by atoms with E-state index >= 15 is 0 Å². The Balaban J connectivity index is 0. The first kappa shape index (κ1) is 16.1. The first-order valence-electron chi connectivity index (χ1n) is 4.08. The monoisotopic (exact) mass is 214 g/mol. The number of unbranched alkanes of at least 4 members (excludes halogenated alkanes) is 1. The third-order valence-electron chi connectivity index (χ3n) is 1.72. The van der Waals surface area contributed by atoms with E-state index in [-0.39, 0.29) is 36.0 Å². The van der Waals surface area contributed by atoms with Gasteiger partial charge in [0.1, 0.15) is 0 Å². The Morgan fingerprint density at radius 3 is 2.38 bits per heavy atom. The average Bonchev–Trinajstić information content (AvgIpc) is 1.95. The van der Waals surface area contributed by atoms with Gasteiger partial charge in [-0.3, -0.25) is 0 Å². The molecule has 0 N–H and O–H groups in total. The number of rotatable bonds is 6. The van der Waals surface area contributed by atoms with Crippen LogP contribution in [0.15, 0.2) is 12.7 Å². The zero-order valence-electron chi connectivity index (χ0n) is 8.32. The summed E-state index contributed by atoms with van der Waals surface area (Å²) in [7, 11) is -4.12. The molecule has 72 valence electrons. The fraction of sp³-hybridized carbons (Fsp3) is 0.750. The van der Waals surface area contributed by atoms with Crippen LogP contribution < -0.4 is 29.6 Å². The molecule has 0 amide bonds. The second kappa shape index (κ2) is 8.00. The van der Waals surface area contributed by atoms with Crippen molar-refractivity contribution in [2.45, 2.75) is 37.9 Å². The summed E-state index contributed by atoms with van der Waals surface area (Å²) in [5.74, 6) is 0. The Hall–Kier alpha value is 0.650. The molecule has 3 nitrogen and oxygen atoms in total. The molecule has 0 saturated heterocycles. The molecule has 0 aromatic heterocycles. The van der Waals surface area contributed by atoms with Gasteiger partial charge in [-0.15, -0.1) is 6.58 Å². The number of hydrogen-bond donors (Lipinski definition) is 0. The molecule has 0 spiro atoms. The van der Waals surface area contributed by atoms with Gasteiger partial charge < -0.3 is 4.55 Å². The predicted octanol–water partition coefficient (Wildman–Crippen LogP) is -1.33. The maximum atomic E-state index is 10.6. The van der Waals surface area contributed by atoms with Crippen molar-refractivity contribution in [2.24, 2.45) is 0 Å². The van der Waals surface area contributed by atoms with Crippen LogP contribution in [0.2, 0.25) is 0 Å². The fourth-order valence-corrected chi connectivity index (χ4v) is 1.82. The normalized spacial score (nSPS) is 13.1. The van der Waals surface area contributed by atoms with Gasteiger partial charge in [0.05, 0.1) is 15.4 Å². The van der Waals surface area contributed by atoms with Gasteiger partial charge in [0.2, 0.25) is 0 Å². The third-order valence-corrected chi connectivity index (χ3v) is 2.96. The summed E-state index contributed by atoms with van der Waals surface area (Å²) in [6.45, 7) is 5.38. The molecule has 0 aliphatic heterocycles. The van der Waals surface area contributed by atoms with Gasteiger partial charge >= 0.3 is 29.6 Å². The molecule has 0 saturated carbocycles. The van der Waals surface area contributed by atoms with Crippen LogP contribution in [0.1, 0.15) is 32.6 Å². The fourth-order valence-electron chi connectivity index (χ4n) is 0.998. The van der Waals surface area contributed by atoms with Crippen molar-refractivity contribution in [1.29, 1.82) is 0 Å². The average molecular weight is 214 g/mol. The van der Waals surface area contributed by atoms with E-state index in [1.165, 1.54) is 6.08 Å². The topological polar surface area (TPSA) is 57.2 Å². The van der Waals surface area contributed by atoms with E-state index in [4.69, 9.17) is 0 Å². The number of allylic oxidation sites excluding steroid dienone is 1. The van der Waals surface area contributed by atoms with Crippen LogP contribution in [0.4, 0.5) is 0 Å². The molecule has 13 heavy (non-hydrogen) atoms. The van der Waals surface area contributed by atoms with E-state index in [0.717, 1.165) is 12.8 Å². The van der Waals surface area contributed by atoms with E-state index in [9.17, 15) is 13.0 Å². The molecule has 0 aromatic rings. The molecule has 1 unspecified atom stereocenters. The van der Waals surface area contributed by atoms with E-state index in [0.29, 0.717) is 6.42 Å². The van der Waals surface area contributed by atoms with Crippen LogP contribution in [0, 0.1) is 0 Å². The van der Waals surface area contributed by atoms with Crippen LogP contribution in [-0.4, -0.2) is 18.2 Å². The quantitative estimate of drug-likeness (QED) is 0.313. The molecular weight excluding hydrogens is 199 g/mol. The van der Waals surface area contributed by atoms with Gasteiger partial charge in [-0.2, -0.15) is 0 Å². The first-order valence-corrected chi connectivity index (χ1v) is 5.55. The smallest absolute Gasteiger partial charge is 0.748 e. The molecule has 0 rings (SSSR count).